The second kappa shape index (κ2) is 10.0. The molecule has 10 nitrogen and oxygen atoms in total. The number of hydrogen-bond donors (Lipinski definition) is 2. The van der Waals surface area contributed by atoms with Gasteiger partial charge in [-0.2, -0.15) is 5.10 Å². The Balaban J connectivity index is 1.37. The molecule has 2 aromatic carbocycles. The Morgan fingerprint density at radius 2 is 1.67 bits per heavy atom. The first-order valence-electron chi connectivity index (χ1n) is 11.5. The molecule has 1 unspecified atom stereocenters. The Morgan fingerprint density at radius 1 is 1.03 bits per heavy atom. The van der Waals surface area contributed by atoms with Crippen molar-refractivity contribution in [1.29, 1.82) is 0 Å². The van der Waals surface area contributed by atoms with Gasteiger partial charge in [-0.25, -0.2) is 9.48 Å². The summed E-state index contributed by atoms with van der Waals surface area (Å²) in [4.78, 5) is 51.4. The van der Waals surface area contributed by atoms with E-state index < -0.39 is 42.5 Å². The molecular formula is C26H27N5O5. The first-order chi connectivity index (χ1) is 17.3. The van der Waals surface area contributed by atoms with Gasteiger partial charge >= 0.3 is 12.0 Å². The molecule has 36 heavy (non-hydrogen) atoms. The fraction of sp³-hybridized carbons (Fsp3) is 0.269. The van der Waals surface area contributed by atoms with Gasteiger partial charge in [0.1, 0.15) is 12.1 Å². The van der Waals surface area contributed by atoms with Crippen LogP contribution in [0.25, 0.3) is 5.69 Å². The molecule has 1 atom stereocenters. The molecule has 3 aromatic rings. The average Bonchev–Trinajstić information content (AvgIpc) is 3.31. The number of carbonyl (C=O) groups is 4. The second-order valence-corrected chi connectivity index (χ2v) is 8.45. The molecular weight excluding hydrogens is 462 g/mol. The molecule has 0 radical (unpaired) electrons. The molecule has 2 N–H and O–H groups in total. The van der Waals surface area contributed by atoms with Gasteiger partial charge in [0, 0.05) is 0 Å². The molecule has 186 valence electrons. The summed E-state index contributed by atoms with van der Waals surface area (Å²) in [6.45, 7) is 4.19. The summed E-state index contributed by atoms with van der Waals surface area (Å²) >= 11 is 0. The van der Waals surface area contributed by atoms with E-state index in [0.717, 1.165) is 16.3 Å². The summed E-state index contributed by atoms with van der Waals surface area (Å²) in [5.74, 6) is -1.98. The Hall–Kier alpha value is -4.47. The van der Waals surface area contributed by atoms with Crippen LogP contribution in [-0.2, 0) is 24.7 Å². The maximum Gasteiger partial charge on any atom is 0.326 e. The number of hydrogen-bond acceptors (Lipinski definition) is 6. The Labute approximate surface area is 208 Å². The maximum absolute atomic E-state index is 13.1. The van der Waals surface area contributed by atoms with Gasteiger partial charge in [0.2, 0.25) is 0 Å². The quantitative estimate of drug-likeness (QED) is 0.371. The Bertz CT molecular complexity index is 1310. The number of esters is 1. The molecule has 1 fully saturated rings. The molecule has 1 aromatic heterocycles. The van der Waals surface area contributed by atoms with Gasteiger partial charge < -0.3 is 15.4 Å². The van der Waals surface area contributed by atoms with Crippen LogP contribution in [0.3, 0.4) is 0 Å². The summed E-state index contributed by atoms with van der Waals surface area (Å²) in [6, 6.07) is 17.6. The number of carbonyl (C=O) groups excluding carboxylic acids is 4. The minimum absolute atomic E-state index is 0.310. The van der Waals surface area contributed by atoms with Crippen molar-refractivity contribution in [2.75, 3.05) is 18.5 Å². The first kappa shape index (κ1) is 24.6. The summed E-state index contributed by atoms with van der Waals surface area (Å²) < 4.78 is 6.77. The fourth-order valence-corrected chi connectivity index (χ4v) is 4.27. The van der Waals surface area contributed by atoms with E-state index in [0.29, 0.717) is 23.4 Å². The number of para-hydroxylation sites is 1. The van der Waals surface area contributed by atoms with Crippen LogP contribution in [0, 0.1) is 13.8 Å². The molecule has 10 heteroatoms. The number of aryl methyl sites for hydroxylation is 1. The van der Waals surface area contributed by atoms with E-state index in [2.05, 4.69) is 15.7 Å². The molecule has 4 amide bonds. The average molecular weight is 490 g/mol. The molecule has 0 saturated carbocycles. The van der Waals surface area contributed by atoms with Crippen molar-refractivity contribution >= 4 is 29.5 Å². The molecule has 1 saturated heterocycles. The fourth-order valence-electron chi connectivity index (χ4n) is 4.27. The lowest BCUT2D eigenvalue weighted by Gasteiger charge is -2.25. The monoisotopic (exact) mass is 489 g/mol. The largest absolute Gasteiger partial charge is 0.454 e. The molecule has 0 aliphatic carbocycles. The maximum atomic E-state index is 13.1. The topological polar surface area (TPSA) is 123 Å². The lowest BCUT2D eigenvalue weighted by molar-refractivity contribution is -0.150. The zero-order valence-corrected chi connectivity index (χ0v) is 20.3. The van der Waals surface area contributed by atoms with Crippen LogP contribution >= 0.6 is 0 Å². The van der Waals surface area contributed by atoms with Crippen molar-refractivity contribution in [3.63, 3.8) is 0 Å². The Kier molecular flexibility index (Phi) is 6.86. The van der Waals surface area contributed by atoms with E-state index in [9.17, 15) is 19.2 Å². The van der Waals surface area contributed by atoms with E-state index in [1.807, 2.05) is 43.3 Å². The van der Waals surface area contributed by atoms with Crippen molar-refractivity contribution < 1.29 is 23.9 Å². The van der Waals surface area contributed by atoms with Crippen LogP contribution in [0.2, 0.25) is 0 Å². The van der Waals surface area contributed by atoms with E-state index in [1.165, 1.54) is 0 Å². The third-order valence-corrected chi connectivity index (χ3v) is 6.18. The summed E-state index contributed by atoms with van der Waals surface area (Å²) in [5, 5.41) is 9.89. The Morgan fingerprint density at radius 3 is 2.31 bits per heavy atom. The van der Waals surface area contributed by atoms with E-state index in [4.69, 9.17) is 4.74 Å². The lowest BCUT2D eigenvalue weighted by Crippen LogP contribution is -2.44. The molecule has 1 aliphatic rings. The van der Waals surface area contributed by atoms with Gasteiger partial charge in [0.15, 0.2) is 6.61 Å². The highest BCUT2D eigenvalue weighted by Gasteiger charge is 2.51. The number of benzene rings is 2. The number of imide groups is 1. The SMILES string of the molecule is CCC1(c2ccccc2)NC(=O)N(CC(=O)OCC(=O)Nc2c(C)nn(-c3ccccc3)c2C)C1=O. The number of urea groups is 1. The van der Waals surface area contributed by atoms with Crippen molar-refractivity contribution in [3.8, 4) is 5.69 Å². The predicted molar refractivity (Wildman–Crippen MR) is 131 cm³/mol. The van der Waals surface area contributed by atoms with Crippen LogP contribution in [0.1, 0.15) is 30.3 Å². The van der Waals surface area contributed by atoms with Gasteiger partial charge in [-0.3, -0.25) is 19.3 Å². The number of anilines is 1. The van der Waals surface area contributed by atoms with Crippen LogP contribution in [-0.4, -0.2) is 51.6 Å². The number of aromatic nitrogens is 2. The van der Waals surface area contributed by atoms with E-state index in [-0.39, 0.29) is 0 Å². The van der Waals surface area contributed by atoms with Crippen LogP contribution in [0.15, 0.2) is 60.7 Å². The van der Waals surface area contributed by atoms with Crippen LogP contribution < -0.4 is 10.6 Å². The lowest BCUT2D eigenvalue weighted by atomic mass is 9.87. The third-order valence-electron chi connectivity index (χ3n) is 6.18. The van der Waals surface area contributed by atoms with Gasteiger partial charge in [-0.15, -0.1) is 0 Å². The third kappa shape index (κ3) is 4.57. The number of nitrogens with zero attached hydrogens (tertiary/aromatic N) is 3. The second-order valence-electron chi connectivity index (χ2n) is 8.45. The number of rotatable bonds is 8. The minimum Gasteiger partial charge on any atom is -0.454 e. The van der Waals surface area contributed by atoms with Crippen molar-refractivity contribution in [2.45, 2.75) is 32.7 Å². The highest BCUT2D eigenvalue weighted by Crippen LogP contribution is 2.32. The van der Waals surface area contributed by atoms with Gasteiger partial charge in [0.05, 0.1) is 22.8 Å². The summed E-state index contributed by atoms with van der Waals surface area (Å²) in [5.41, 5.74) is 2.07. The zero-order valence-electron chi connectivity index (χ0n) is 20.3. The van der Waals surface area contributed by atoms with E-state index >= 15 is 0 Å². The minimum atomic E-state index is -1.25. The van der Waals surface area contributed by atoms with Gasteiger partial charge in [0.25, 0.3) is 11.8 Å². The van der Waals surface area contributed by atoms with Crippen molar-refractivity contribution in [1.82, 2.24) is 20.0 Å². The standard InChI is InChI=1S/C26H27N5O5/c1-4-26(19-11-7-5-8-12-19)24(34)30(25(35)28-26)15-22(33)36-16-21(32)27-23-17(2)29-31(18(23)3)20-13-9-6-10-14-20/h5-14H,4,15-16H2,1-3H3,(H,27,32)(H,28,35). The van der Waals surface area contributed by atoms with Gasteiger partial charge in [-0.05, 0) is 38.0 Å². The molecule has 0 bridgehead atoms. The smallest absolute Gasteiger partial charge is 0.326 e. The highest BCUT2D eigenvalue weighted by atomic mass is 16.5. The molecule has 2 heterocycles. The highest BCUT2D eigenvalue weighted by molar-refractivity contribution is 6.09. The van der Waals surface area contributed by atoms with E-state index in [1.54, 1.807) is 42.8 Å². The molecule has 4 rings (SSSR count). The normalized spacial score (nSPS) is 17.1. The predicted octanol–water partition coefficient (Wildman–Crippen LogP) is 2.83. The summed E-state index contributed by atoms with van der Waals surface area (Å²) in [7, 11) is 0. The van der Waals surface area contributed by atoms with Crippen molar-refractivity contribution in [3.05, 3.63) is 77.6 Å². The molecule has 0 spiro atoms. The number of nitrogens with one attached hydrogen (secondary N) is 2. The zero-order chi connectivity index (χ0) is 25.9. The van der Waals surface area contributed by atoms with Crippen LogP contribution in [0.5, 0.6) is 0 Å². The number of amides is 4. The number of ether oxygens (including phenoxy) is 1. The molecule has 1 aliphatic heterocycles. The van der Waals surface area contributed by atoms with Crippen LogP contribution in [0.4, 0.5) is 10.5 Å². The van der Waals surface area contributed by atoms with Gasteiger partial charge in [-0.1, -0.05) is 55.5 Å². The van der Waals surface area contributed by atoms with Crippen molar-refractivity contribution in [2.24, 2.45) is 0 Å². The summed E-state index contributed by atoms with van der Waals surface area (Å²) in [6.07, 6.45) is 0.310. The first-order valence-corrected chi connectivity index (χ1v) is 11.5.